The van der Waals surface area contributed by atoms with Crippen LogP contribution in [0.25, 0.3) is 0 Å². The van der Waals surface area contributed by atoms with E-state index in [1.54, 1.807) is 0 Å². The van der Waals surface area contributed by atoms with E-state index in [9.17, 15) is 14.4 Å². The molecule has 0 spiro atoms. The van der Waals surface area contributed by atoms with Crippen LogP contribution >= 0.6 is 0 Å². The Morgan fingerprint density at radius 2 is 1.69 bits per heavy atom. The number of esters is 1. The van der Waals surface area contributed by atoms with Crippen molar-refractivity contribution in [2.75, 3.05) is 13.2 Å². The van der Waals surface area contributed by atoms with Gasteiger partial charge in [-0.25, -0.2) is 4.79 Å². The van der Waals surface area contributed by atoms with Crippen LogP contribution in [0.2, 0.25) is 0 Å². The Labute approximate surface area is 92.5 Å². The maximum absolute atomic E-state index is 10.6. The molecule has 16 heavy (non-hydrogen) atoms. The summed E-state index contributed by atoms with van der Waals surface area (Å²) in [6.45, 7) is 4.46. The monoisotopic (exact) mass is 233 g/mol. The Morgan fingerprint density at radius 3 is 1.94 bits per heavy atom. The van der Waals surface area contributed by atoms with Crippen molar-refractivity contribution in [3.63, 3.8) is 0 Å². The number of carboxylic acids is 2. The third-order valence-electron chi connectivity index (χ3n) is 1.07. The van der Waals surface area contributed by atoms with Crippen LogP contribution in [0, 0.1) is 0 Å². The van der Waals surface area contributed by atoms with E-state index in [0.717, 1.165) is 0 Å². The summed E-state index contributed by atoms with van der Waals surface area (Å²) in [6.07, 6.45) is -0.168. The molecule has 0 bridgehead atoms. The second kappa shape index (κ2) is 9.66. The second-order valence-corrected chi connectivity index (χ2v) is 2.66. The van der Waals surface area contributed by atoms with Gasteiger partial charge in [0.05, 0.1) is 13.0 Å². The van der Waals surface area contributed by atoms with E-state index < -0.39 is 17.9 Å². The van der Waals surface area contributed by atoms with E-state index >= 15 is 0 Å². The Bertz CT molecular complexity index is 273. The summed E-state index contributed by atoms with van der Waals surface area (Å²) in [7, 11) is 0. The first kappa shape index (κ1) is 16.5. The van der Waals surface area contributed by atoms with Crippen LogP contribution in [-0.4, -0.2) is 41.3 Å². The van der Waals surface area contributed by atoms with Gasteiger partial charge in [-0.1, -0.05) is 6.58 Å². The molecule has 0 saturated heterocycles. The van der Waals surface area contributed by atoms with Gasteiger partial charge in [0.15, 0.2) is 0 Å². The second-order valence-electron chi connectivity index (χ2n) is 2.66. The summed E-state index contributed by atoms with van der Waals surface area (Å²) in [6, 6.07) is 0. The zero-order valence-corrected chi connectivity index (χ0v) is 8.93. The van der Waals surface area contributed by atoms with Crippen LogP contribution in [0.1, 0.15) is 13.3 Å². The van der Waals surface area contributed by atoms with Gasteiger partial charge < -0.3 is 20.7 Å². The van der Waals surface area contributed by atoms with Gasteiger partial charge in [-0.3, -0.25) is 9.59 Å². The number of carboxylic acid groups (broad SMARTS) is 2. The molecule has 92 valence electrons. The van der Waals surface area contributed by atoms with Gasteiger partial charge >= 0.3 is 17.9 Å². The van der Waals surface area contributed by atoms with Crippen LogP contribution in [0.4, 0.5) is 0 Å². The first-order chi connectivity index (χ1) is 7.31. The SMILES string of the molecule is C=C(C)C(=O)OCCC(=O)O.NCC(=O)O. The predicted molar refractivity (Wildman–Crippen MR) is 54.7 cm³/mol. The summed E-state index contributed by atoms with van der Waals surface area (Å²) >= 11 is 0. The summed E-state index contributed by atoms with van der Waals surface area (Å²) in [5.74, 6) is -2.50. The van der Waals surface area contributed by atoms with Gasteiger partial charge in [0.2, 0.25) is 0 Å². The van der Waals surface area contributed by atoms with E-state index in [1.807, 2.05) is 0 Å². The van der Waals surface area contributed by atoms with Crippen molar-refractivity contribution in [3.8, 4) is 0 Å². The number of nitrogens with two attached hydrogens (primary N) is 1. The standard InChI is InChI=1S/C7H10O4.C2H5NO2/c1-5(2)7(10)11-4-3-6(8)9;3-1-2(4)5/h1,3-4H2,2H3,(H,8,9);1,3H2,(H,4,5). The highest BCUT2D eigenvalue weighted by Crippen LogP contribution is 1.92. The van der Waals surface area contributed by atoms with Crippen molar-refractivity contribution < 1.29 is 29.3 Å². The number of carbonyl (C=O) groups is 3. The van der Waals surface area contributed by atoms with Gasteiger partial charge in [-0.05, 0) is 6.92 Å². The molecule has 0 radical (unpaired) electrons. The Kier molecular flexibility index (Phi) is 9.98. The fourth-order valence-corrected chi connectivity index (χ4v) is 0.354. The van der Waals surface area contributed by atoms with Crippen LogP contribution in [0.15, 0.2) is 12.2 Å². The first-order valence-electron chi connectivity index (χ1n) is 4.27. The van der Waals surface area contributed by atoms with Crippen LogP contribution in [0.5, 0.6) is 0 Å². The van der Waals surface area contributed by atoms with Crippen molar-refractivity contribution in [2.45, 2.75) is 13.3 Å². The molecule has 0 fully saturated rings. The van der Waals surface area contributed by atoms with E-state index in [0.29, 0.717) is 0 Å². The average molecular weight is 233 g/mol. The third-order valence-corrected chi connectivity index (χ3v) is 1.07. The lowest BCUT2D eigenvalue weighted by Gasteiger charge is -2.00. The molecule has 7 heteroatoms. The van der Waals surface area contributed by atoms with Gasteiger partial charge in [-0.15, -0.1) is 0 Å². The van der Waals surface area contributed by atoms with Crippen molar-refractivity contribution >= 4 is 17.9 Å². The quantitative estimate of drug-likeness (QED) is 0.436. The molecule has 7 nitrogen and oxygen atoms in total. The first-order valence-corrected chi connectivity index (χ1v) is 4.27. The Morgan fingerprint density at radius 1 is 1.25 bits per heavy atom. The minimum Gasteiger partial charge on any atom is -0.481 e. The van der Waals surface area contributed by atoms with E-state index in [2.05, 4.69) is 17.0 Å². The topological polar surface area (TPSA) is 127 Å². The summed E-state index contributed by atoms with van der Waals surface area (Å²) in [4.78, 5) is 29.8. The minimum atomic E-state index is -0.987. The normalized spacial score (nSPS) is 8.38. The fraction of sp³-hybridized carbons (Fsp3) is 0.444. The van der Waals surface area contributed by atoms with Crippen LogP contribution < -0.4 is 5.73 Å². The third kappa shape index (κ3) is 14.6. The lowest BCUT2D eigenvalue weighted by atomic mass is 10.4. The van der Waals surface area contributed by atoms with Gasteiger partial charge in [0.25, 0.3) is 0 Å². The molecule has 0 aliphatic heterocycles. The van der Waals surface area contributed by atoms with Crippen molar-refractivity contribution in [3.05, 3.63) is 12.2 Å². The maximum Gasteiger partial charge on any atom is 0.333 e. The Hall–Kier alpha value is -1.89. The van der Waals surface area contributed by atoms with Crippen LogP contribution in [0.3, 0.4) is 0 Å². The molecule has 0 aromatic carbocycles. The van der Waals surface area contributed by atoms with Gasteiger partial charge in [-0.2, -0.15) is 0 Å². The Balaban J connectivity index is 0. The highest BCUT2D eigenvalue weighted by atomic mass is 16.5. The molecule has 0 rings (SSSR count). The molecule has 0 atom stereocenters. The molecule has 0 aromatic heterocycles. The zero-order valence-electron chi connectivity index (χ0n) is 8.93. The van der Waals surface area contributed by atoms with E-state index in [4.69, 9.17) is 10.2 Å². The van der Waals surface area contributed by atoms with E-state index in [-0.39, 0.29) is 25.1 Å². The molecule has 0 saturated carbocycles. The smallest absolute Gasteiger partial charge is 0.333 e. The van der Waals surface area contributed by atoms with Gasteiger partial charge in [0, 0.05) is 5.57 Å². The highest BCUT2D eigenvalue weighted by molar-refractivity contribution is 5.87. The molecule has 0 amide bonds. The molecule has 0 aliphatic rings. The largest absolute Gasteiger partial charge is 0.481 e. The maximum atomic E-state index is 10.6. The number of hydrogen-bond acceptors (Lipinski definition) is 5. The lowest BCUT2D eigenvalue weighted by molar-refractivity contribution is -0.143. The fourth-order valence-electron chi connectivity index (χ4n) is 0.354. The molecule has 0 heterocycles. The molecule has 0 unspecified atom stereocenters. The van der Waals surface area contributed by atoms with E-state index in [1.165, 1.54) is 6.92 Å². The van der Waals surface area contributed by atoms with Crippen molar-refractivity contribution in [2.24, 2.45) is 5.73 Å². The molecule has 0 aliphatic carbocycles. The number of ether oxygens (including phenoxy) is 1. The molecular formula is C9H15NO6. The summed E-state index contributed by atoms with van der Waals surface area (Å²) in [5.41, 5.74) is 4.85. The molecule has 4 N–H and O–H groups in total. The summed E-state index contributed by atoms with van der Waals surface area (Å²) < 4.78 is 4.49. The van der Waals surface area contributed by atoms with Crippen molar-refractivity contribution in [1.82, 2.24) is 0 Å². The van der Waals surface area contributed by atoms with Crippen LogP contribution in [-0.2, 0) is 19.1 Å². The minimum absolute atomic E-state index is 0.0962. The average Bonchev–Trinajstić information content (AvgIpc) is 2.17. The number of hydrogen-bond donors (Lipinski definition) is 3. The predicted octanol–water partition coefficient (Wildman–Crippen LogP) is -0.390. The van der Waals surface area contributed by atoms with Gasteiger partial charge in [0.1, 0.15) is 6.61 Å². The zero-order chi connectivity index (χ0) is 13.1. The number of aliphatic carboxylic acids is 2. The lowest BCUT2D eigenvalue weighted by Crippen LogP contribution is -2.10. The number of rotatable bonds is 5. The van der Waals surface area contributed by atoms with Crippen molar-refractivity contribution in [1.29, 1.82) is 0 Å². The molecular weight excluding hydrogens is 218 g/mol. The number of carbonyl (C=O) groups excluding carboxylic acids is 1. The molecule has 0 aromatic rings. The highest BCUT2D eigenvalue weighted by Gasteiger charge is 2.03. The summed E-state index contributed by atoms with van der Waals surface area (Å²) in [5, 5.41) is 15.7.